The van der Waals surface area contributed by atoms with Gasteiger partial charge in [-0.1, -0.05) is 19.1 Å². The van der Waals surface area contributed by atoms with Crippen molar-refractivity contribution in [3.8, 4) is 5.75 Å². The molecule has 0 saturated carbocycles. The van der Waals surface area contributed by atoms with Crippen LogP contribution < -0.4 is 10.5 Å². The summed E-state index contributed by atoms with van der Waals surface area (Å²) in [4.78, 5) is 0. The number of ether oxygens (including phenoxy) is 1. The van der Waals surface area contributed by atoms with E-state index < -0.39 is 0 Å². The van der Waals surface area contributed by atoms with Crippen molar-refractivity contribution in [2.75, 3.05) is 0 Å². The van der Waals surface area contributed by atoms with Crippen molar-refractivity contribution in [2.45, 2.75) is 52.2 Å². The largest absolute Gasteiger partial charge is 0.488 e. The fourth-order valence-electron chi connectivity index (χ4n) is 1.49. The molecular weight excluding hydrogens is 198 g/mol. The van der Waals surface area contributed by atoms with Crippen LogP contribution in [-0.2, 0) is 6.42 Å². The van der Waals surface area contributed by atoms with E-state index in [0.29, 0.717) is 0 Å². The number of rotatable bonds is 4. The average molecular weight is 221 g/mol. The zero-order chi connectivity index (χ0) is 12.2. The molecule has 90 valence electrons. The van der Waals surface area contributed by atoms with Crippen LogP contribution in [0.5, 0.6) is 5.75 Å². The molecule has 0 aliphatic carbocycles. The van der Waals surface area contributed by atoms with Crippen molar-refractivity contribution in [1.82, 2.24) is 0 Å². The van der Waals surface area contributed by atoms with Gasteiger partial charge < -0.3 is 10.5 Å². The fraction of sp³-hybridized carbons (Fsp3) is 0.571. The normalized spacial score (nSPS) is 13.6. The van der Waals surface area contributed by atoms with Crippen LogP contribution in [0.25, 0.3) is 0 Å². The highest BCUT2D eigenvalue weighted by molar-refractivity contribution is 5.28. The summed E-state index contributed by atoms with van der Waals surface area (Å²) in [5.74, 6) is 0.918. The minimum atomic E-state index is -0.138. The highest BCUT2D eigenvalue weighted by atomic mass is 16.5. The zero-order valence-corrected chi connectivity index (χ0v) is 10.8. The Morgan fingerprint density at radius 2 is 1.75 bits per heavy atom. The number of hydrogen-bond acceptors (Lipinski definition) is 2. The predicted octanol–water partition coefficient (Wildman–Crippen LogP) is 3.14. The van der Waals surface area contributed by atoms with Gasteiger partial charge in [-0.15, -0.1) is 0 Å². The highest BCUT2D eigenvalue weighted by Gasteiger charge is 2.11. The topological polar surface area (TPSA) is 35.2 Å². The molecule has 1 rings (SSSR count). The Kier molecular flexibility index (Phi) is 4.36. The van der Waals surface area contributed by atoms with Gasteiger partial charge in [0.1, 0.15) is 11.4 Å². The van der Waals surface area contributed by atoms with Crippen LogP contribution in [0.4, 0.5) is 0 Å². The predicted molar refractivity (Wildman–Crippen MR) is 68.8 cm³/mol. The molecule has 16 heavy (non-hydrogen) atoms. The fourth-order valence-corrected chi connectivity index (χ4v) is 1.49. The Morgan fingerprint density at radius 3 is 2.19 bits per heavy atom. The molecule has 1 aromatic carbocycles. The minimum Gasteiger partial charge on any atom is -0.488 e. The van der Waals surface area contributed by atoms with Gasteiger partial charge in [-0.2, -0.15) is 0 Å². The van der Waals surface area contributed by atoms with E-state index in [0.717, 1.165) is 18.6 Å². The van der Waals surface area contributed by atoms with E-state index in [2.05, 4.69) is 19.1 Å². The third-order valence-corrected chi connectivity index (χ3v) is 2.37. The summed E-state index contributed by atoms with van der Waals surface area (Å²) in [5, 5.41) is 0. The molecule has 0 heterocycles. The summed E-state index contributed by atoms with van der Waals surface area (Å²) < 4.78 is 5.76. The van der Waals surface area contributed by atoms with E-state index in [1.807, 2.05) is 32.9 Å². The lowest BCUT2D eigenvalue weighted by molar-refractivity contribution is 0.131. The lowest BCUT2D eigenvalue weighted by atomic mass is 10.0. The van der Waals surface area contributed by atoms with E-state index in [4.69, 9.17) is 10.5 Å². The highest BCUT2D eigenvalue weighted by Crippen LogP contribution is 2.19. The van der Waals surface area contributed by atoms with E-state index in [-0.39, 0.29) is 11.6 Å². The van der Waals surface area contributed by atoms with Gasteiger partial charge in [0.15, 0.2) is 0 Å². The molecule has 2 heteroatoms. The first-order valence-electron chi connectivity index (χ1n) is 5.94. The number of hydrogen-bond donors (Lipinski definition) is 1. The van der Waals surface area contributed by atoms with Crippen molar-refractivity contribution in [2.24, 2.45) is 5.73 Å². The summed E-state index contributed by atoms with van der Waals surface area (Å²) in [6.45, 7) is 8.26. The van der Waals surface area contributed by atoms with Crippen molar-refractivity contribution in [3.05, 3.63) is 29.8 Å². The quantitative estimate of drug-likeness (QED) is 0.847. The van der Waals surface area contributed by atoms with Gasteiger partial charge in [0.05, 0.1) is 0 Å². The third-order valence-electron chi connectivity index (χ3n) is 2.37. The first-order chi connectivity index (χ1) is 7.40. The lowest BCUT2D eigenvalue weighted by Gasteiger charge is -2.21. The molecule has 0 aliphatic rings. The van der Waals surface area contributed by atoms with Crippen LogP contribution in [-0.4, -0.2) is 11.6 Å². The number of nitrogens with two attached hydrogens (primary N) is 1. The van der Waals surface area contributed by atoms with Gasteiger partial charge in [-0.25, -0.2) is 0 Å². The van der Waals surface area contributed by atoms with Gasteiger partial charge in [0.2, 0.25) is 0 Å². The zero-order valence-electron chi connectivity index (χ0n) is 10.8. The maximum absolute atomic E-state index is 5.91. The van der Waals surface area contributed by atoms with Crippen LogP contribution in [0.1, 0.15) is 39.7 Å². The summed E-state index contributed by atoms with van der Waals surface area (Å²) in [6.07, 6.45) is 1.95. The lowest BCUT2D eigenvalue weighted by Crippen LogP contribution is -2.23. The molecule has 1 atom stereocenters. The van der Waals surface area contributed by atoms with Gasteiger partial charge in [0, 0.05) is 6.04 Å². The molecule has 0 spiro atoms. The molecule has 0 radical (unpaired) electrons. The van der Waals surface area contributed by atoms with Crippen LogP contribution in [0.3, 0.4) is 0 Å². The Labute approximate surface area is 98.8 Å². The molecular formula is C14H23NO. The Hall–Kier alpha value is -1.02. The monoisotopic (exact) mass is 221 g/mol. The molecule has 0 fully saturated rings. The van der Waals surface area contributed by atoms with E-state index in [1.54, 1.807) is 0 Å². The molecule has 2 N–H and O–H groups in total. The van der Waals surface area contributed by atoms with E-state index in [1.165, 1.54) is 5.56 Å². The first kappa shape index (κ1) is 13.0. The van der Waals surface area contributed by atoms with Crippen molar-refractivity contribution < 1.29 is 4.74 Å². The number of benzene rings is 1. The third kappa shape index (κ3) is 4.67. The Bertz CT molecular complexity index is 311. The molecule has 0 amide bonds. The molecule has 1 unspecified atom stereocenters. The van der Waals surface area contributed by atoms with E-state index in [9.17, 15) is 0 Å². The van der Waals surface area contributed by atoms with Crippen molar-refractivity contribution in [3.63, 3.8) is 0 Å². The van der Waals surface area contributed by atoms with Crippen LogP contribution in [0.2, 0.25) is 0 Å². The summed E-state index contributed by atoms with van der Waals surface area (Å²) in [6, 6.07) is 8.48. The van der Waals surface area contributed by atoms with Crippen LogP contribution in [0.15, 0.2) is 24.3 Å². The molecule has 0 saturated heterocycles. The molecule has 0 aliphatic heterocycles. The van der Waals surface area contributed by atoms with Gasteiger partial charge in [-0.05, 0) is 51.3 Å². The second-order valence-corrected chi connectivity index (χ2v) is 5.23. The first-order valence-corrected chi connectivity index (χ1v) is 5.94. The second-order valence-electron chi connectivity index (χ2n) is 5.23. The summed E-state index contributed by atoms with van der Waals surface area (Å²) in [5.41, 5.74) is 7.05. The van der Waals surface area contributed by atoms with Crippen molar-refractivity contribution in [1.29, 1.82) is 0 Å². The van der Waals surface area contributed by atoms with Crippen LogP contribution in [0, 0.1) is 0 Å². The smallest absolute Gasteiger partial charge is 0.120 e. The molecule has 0 bridgehead atoms. The van der Waals surface area contributed by atoms with Crippen LogP contribution >= 0.6 is 0 Å². The summed E-state index contributed by atoms with van der Waals surface area (Å²) in [7, 11) is 0. The van der Waals surface area contributed by atoms with Crippen molar-refractivity contribution >= 4 is 0 Å². The standard InChI is InChI=1S/C14H23NO/c1-5-12(15)10-11-6-8-13(9-7-11)16-14(2,3)4/h6-9,12H,5,10,15H2,1-4H3. The Morgan fingerprint density at radius 1 is 1.19 bits per heavy atom. The van der Waals surface area contributed by atoms with Gasteiger partial charge in [0.25, 0.3) is 0 Å². The average Bonchev–Trinajstić information content (AvgIpc) is 2.18. The minimum absolute atomic E-state index is 0.138. The molecule has 2 nitrogen and oxygen atoms in total. The maximum atomic E-state index is 5.91. The van der Waals surface area contributed by atoms with E-state index >= 15 is 0 Å². The second kappa shape index (κ2) is 5.35. The summed E-state index contributed by atoms with van der Waals surface area (Å²) >= 11 is 0. The Balaban J connectivity index is 2.61. The SMILES string of the molecule is CCC(N)Cc1ccc(OC(C)(C)C)cc1. The van der Waals surface area contributed by atoms with Gasteiger partial charge in [-0.3, -0.25) is 0 Å². The molecule has 1 aromatic rings. The maximum Gasteiger partial charge on any atom is 0.120 e. The molecule has 0 aromatic heterocycles. The van der Waals surface area contributed by atoms with Gasteiger partial charge >= 0.3 is 0 Å².